The molecule has 8 N–H and O–H groups in total. The number of ether oxygens (including phenoxy) is 2. The molecule has 1 fully saturated rings. The summed E-state index contributed by atoms with van der Waals surface area (Å²) in [7, 11) is 0. The first-order valence-corrected chi connectivity index (χ1v) is 22.5. The highest BCUT2D eigenvalue weighted by molar-refractivity contribution is 5.80. The van der Waals surface area contributed by atoms with Gasteiger partial charge in [-0.3, -0.25) is 4.79 Å². The highest BCUT2D eigenvalue weighted by Crippen LogP contribution is 2.23. The Bertz CT molecular complexity index is 1070. The molecule has 1 aliphatic heterocycles. The van der Waals surface area contributed by atoms with E-state index < -0.39 is 74.2 Å². The maximum Gasteiger partial charge on any atom is 0.249 e. The van der Waals surface area contributed by atoms with E-state index in [9.17, 15) is 40.5 Å². The summed E-state index contributed by atoms with van der Waals surface area (Å²) in [5.41, 5.74) is 0. The first-order chi connectivity index (χ1) is 27.7. The van der Waals surface area contributed by atoms with Crippen LogP contribution in [0.1, 0.15) is 168 Å². The van der Waals surface area contributed by atoms with Crippen molar-refractivity contribution in [1.82, 2.24) is 5.32 Å². The molecule has 9 atom stereocenters. The van der Waals surface area contributed by atoms with Crippen molar-refractivity contribution in [2.45, 2.75) is 223 Å². The van der Waals surface area contributed by atoms with Crippen LogP contribution in [0.15, 0.2) is 48.6 Å². The Morgan fingerprint density at radius 1 is 0.596 bits per heavy atom. The number of hydrogen-bond acceptors (Lipinski definition) is 10. The van der Waals surface area contributed by atoms with Crippen molar-refractivity contribution in [3.05, 3.63) is 48.6 Å². The lowest BCUT2D eigenvalue weighted by molar-refractivity contribution is -0.303. The molecule has 0 bridgehead atoms. The summed E-state index contributed by atoms with van der Waals surface area (Å²) in [6.45, 7) is 3.32. The van der Waals surface area contributed by atoms with Crippen molar-refractivity contribution in [1.29, 1.82) is 0 Å². The number of carbonyl (C=O) groups excluding carboxylic acids is 1. The van der Waals surface area contributed by atoms with Gasteiger partial charge in [-0.05, 0) is 83.5 Å². The first kappa shape index (κ1) is 53.1. The Morgan fingerprint density at radius 3 is 1.63 bits per heavy atom. The van der Waals surface area contributed by atoms with E-state index in [-0.39, 0.29) is 12.8 Å². The van der Waals surface area contributed by atoms with Crippen molar-refractivity contribution in [2.24, 2.45) is 0 Å². The Labute approximate surface area is 345 Å². The topological polar surface area (TPSA) is 189 Å². The van der Waals surface area contributed by atoms with Crippen molar-refractivity contribution >= 4 is 5.91 Å². The summed E-state index contributed by atoms with van der Waals surface area (Å²) < 4.78 is 11.0. The van der Waals surface area contributed by atoms with Gasteiger partial charge in [-0.1, -0.05) is 133 Å². The van der Waals surface area contributed by atoms with Crippen LogP contribution in [0.25, 0.3) is 0 Å². The summed E-state index contributed by atoms with van der Waals surface area (Å²) in [6, 6.07) is -1.20. The minimum Gasteiger partial charge on any atom is -0.394 e. The standard InChI is InChI=1S/C46H83NO10/c1-3-5-7-9-11-13-15-17-19-20-22-24-26-28-30-32-34-39(50)45(55)47-37(36-56-46-44(54)43(53)42(52)40(35-48)57-46)41(51)38(49)33-31-29-27-25-23-21-18-16-14-12-10-8-6-4-2/h8,10,16-19,25,27,37-44,46,48-54H,3-7,9,11-15,20-24,26,28-36H2,1-2H3,(H,47,55)/b10-8+,18-16+,19-17-,27-25+. The van der Waals surface area contributed by atoms with Gasteiger partial charge in [-0.25, -0.2) is 0 Å². The van der Waals surface area contributed by atoms with Crippen LogP contribution in [0.3, 0.4) is 0 Å². The summed E-state index contributed by atoms with van der Waals surface area (Å²) >= 11 is 0. The number of allylic oxidation sites excluding steroid dienone is 8. The molecule has 0 spiro atoms. The van der Waals surface area contributed by atoms with Crippen molar-refractivity contribution in [2.75, 3.05) is 13.2 Å². The molecule has 1 aliphatic rings. The average molecular weight is 810 g/mol. The van der Waals surface area contributed by atoms with Crippen LogP contribution >= 0.6 is 0 Å². The van der Waals surface area contributed by atoms with Gasteiger partial charge >= 0.3 is 0 Å². The van der Waals surface area contributed by atoms with Gasteiger partial charge in [-0.15, -0.1) is 0 Å². The maximum absolute atomic E-state index is 13.1. The Balaban J connectivity index is 2.52. The van der Waals surface area contributed by atoms with Crippen LogP contribution in [0.5, 0.6) is 0 Å². The molecule has 1 saturated heterocycles. The minimum atomic E-state index is -1.67. The number of hydrogen-bond donors (Lipinski definition) is 8. The number of unbranched alkanes of at least 4 members (excludes halogenated alkanes) is 16. The van der Waals surface area contributed by atoms with Gasteiger partial charge < -0.3 is 50.5 Å². The lowest BCUT2D eigenvalue weighted by atomic mass is 9.98. The molecular formula is C46H83NO10. The summed E-state index contributed by atoms with van der Waals surface area (Å²) in [5.74, 6) is -0.721. The summed E-state index contributed by atoms with van der Waals surface area (Å²) in [5, 5.41) is 75.5. The SMILES string of the molecule is CCC/C=C/CC/C=C/CC/C=C/CCCC(O)C(O)C(COC1OC(CO)C(O)C(O)C1O)NC(=O)C(O)CCCCCCCC/C=C\CCCCCCCC. The normalized spacial score (nSPS) is 22.6. The molecule has 11 nitrogen and oxygen atoms in total. The molecule has 0 aliphatic carbocycles. The summed E-state index contributed by atoms with van der Waals surface area (Å²) in [4.78, 5) is 13.1. The molecular weight excluding hydrogens is 727 g/mol. The lowest BCUT2D eigenvalue weighted by Gasteiger charge is -2.40. The molecule has 0 radical (unpaired) electrons. The van der Waals surface area contributed by atoms with Gasteiger partial charge in [0.15, 0.2) is 6.29 Å². The number of nitrogens with one attached hydrogen (secondary N) is 1. The van der Waals surface area contributed by atoms with Crippen molar-refractivity contribution in [3.63, 3.8) is 0 Å². The number of amides is 1. The van der Waals surface area contributed by atoms with Gasteiger partial charge in [0.05, 0.1) is 25.4 Å². The predicted octanol–water partition coefficient (Wildman–Crippen LogP) is 7.00. The number of aliphatic hydroxyl groups excluding tert-OH is 7. The van der Waals surface area contributed by atoms with E-state index in [0.717, 1.165) is 70.6 Å². The zero-order valence-electron chi connectivity index (χ0n) is 35.6. The van der Waals surface area contributed by atoms with Crippen LogP contribution in [0.2, 0.25) is 0 Å². The Morgan fingerprint density at radius 2 is 1.09 bits per heavy atom. The van der Waals surface area contributed by atoms with Crippen molar-refractivity contribution < 1.29 is 50.0 Å². The predicted molar refractivity (Wildman–Crippen MR) is 228 cm³/mol. The van der Waals surface area contributed by atoms with Crippen LogP contribution in [0.4, 0.5) is 0 Å². The molecule has 0 aromatic heterocycles. The highest BCUT2D eigenvalue weighted by Gasteiger charge is 2.44. The monoisotopic (exact) mass is 810 g/mol. The summed E-state index contributed by atoms with van der Waals surface area (Å²) in [6.07, 6.45) is 30.1. The second-order valence-corrected chi connectivity index (χ2v) is 15.7. The Hall–Kier alpha value is -1.93. The molecule has 1 rings (SSSR count). The fraction of sp³-hybridized carbons (Fsp3) is 0.804. The van der Waals surface area contributed by atoms with Gasteiger partial charge in [0.1, 0.15) is 36.6 Å². The molecule has 0 aromatic rings. The van der Waals surface area contributed by atoms with E-state index in [1.807, 2.05) is 6.08 Å². The fourth-order valence-corrected chi connectivity index (χ4v) is 6.77. The molecule has 1 heterocycles. The van der Waals surface area contributed by atoms with E-state index in [4.69, 9.17) is 9.47 Å². The average Bonchev–Trinajstić information content (AvgIpc) is 3.21. The third-order valence-corrected chi connectivity index (χ3v) is 10.5. The smallest absolute Gasteiger partial charge is 0.249 e. The molecule has 9 unspecified atom stereocenters. The second kappa shape index (κ2) is 36.0. The van der Waals surface area contributed by atoms with E-state index in [1.165, 1.54) is 51.4 Å². The van der Waals surface area contributed by atoms with Gasteiger partial charge in [-0.2, -0.15) is 0 Å². The van der Waals surface area contributed by atoms with E-state index >= 15 is 0 Å². The third-order valence-electron chi connectivity index (χ3n) is 10.5. The first-order valence-electron chi connectivity index (χ1n) is 22.5. The number of aliphatic hydroxyl groups is 7. The zero-order chi connectivity index (χ0) is 41.9. The molecule has 332 valence electrons. The zero-order valence-corrected chi connectivity index (χ0v) is 35.6. The second-order valence-electron chi connectivity index (χ2n) is 15.7. The highest BCUT2D eigenvalue weighted by atomic mass is 16.7. The number of carbonyl (C=O) groups is 1. The maximum atomic E-state index is 13.1. The van der Waals surface area contributed by atoms with E-state index in [1.54, 1.807) is 0 Å². The van der Waals surface area contributed by atoms with E-state index in [0.29, 0.717) is 19.3 Å². The van der Waals surface area contributed by atoms with E-state index in [2.05, 4.69) is 61.7 Å². The number of rotatable bonds is 36. The minimum absolute atomic E-state index is 0.238. The molecule has 57 heavy (non-hydrogen) atoms. The molecule has 0 saturated carbocycles. The largest absolute Gasteiger partial charge is 0.394 e. The van der Waals surface area contributed by atoms with Crippen molar-refractivity contribution in [3.8, 4) is 0 Å². The lowest BCUT2D eigenvalue weighted by Crippen LogP contribution is -2.60. The third kappa shape index (κ3) is 26.0. The van der Waals surface area contributed by atoms with Crippen LogP contribution in [0, 0.1) is 0 Å². The van der Waals surface area contributed by atoms with Gasteiger partial charge in [0.25, 0.3) is 0 Å². The molecule has 1 amide bonds. The molecule has 0 aromatic carbocycles. The quantitative estimate of drug-likeness (QED) is 0.0242. The van der Waals surface area contributed by atoms with Gasteiger partial charge in [0, 0.05) is 0 Å². The van der Waals surface area contributed by atoms with Crippen LogP contribution in [-0.4, -0.2) is 110 Å². The van der Waals surface area contributed by atoms with Crippen LogP contribution in [-0.2, 0) is 14.3 Å². The van der Waals surface area contributed by atoms with Crippen LogP contribution < -0.4 is 5.32 Å². The molecule has 11 heteroatoms. The fourth-order valence-electron chi connectivity index (χ4n) is 6.77. The Kier molecular flexibility index (Phi) is 33.5. The van der Waals surface area contributed by atoms with Gasteiger partial charge in [0.2, 0.25) is 5.91 Å².